The highest BCUT2D eigenvalue weighted by atomic mass is 35.5. The molecule has 1 aromatic rings. The van der Waals surface area contributed by atoms with Gasteiger partial charge in [0.15, 0.2) is 0 Å². The van der Waals surface area contributed by atoms with Gasteiger partial charge in [0.05, 0.1) is 5.69 Å². The zero-order valence-electron chi connectivity index (χ0n) is 14.5. The third kappa shape index (κ3) is 3.67. The molecule has 1 heterocycles. The van der Waals surface area contributed by atoms with Gasteiger partial charge in [0.1, 0.15) is 0 Å². The van der Waals surface area contributed by atoms with Crippen LogP contribution in [-0.4, -0.2) is 43.7 Å². The van der Waals surface area contributed by atoms with E-state index in [1.165, 1.54) is 11.3 Å². The van der Waals surface area contributed by atoms with Crippen molar-refractivity contribution in [3.05, 3.63) is 22.7 Å². The highest BCUT2D eigenvalue weighted by Crippen LogP contribution is 2.34. The van der Waals surface area contributed by atoms with Crippen LogP contribution in [0, 0.1) is 0 Å². The summed E-state index contributed by atoms with van der Waals surface area (Å²) in [6, 6.07) is 4.08. The molecule has 0 saturated carbocycles. The summed E-state index contributed by atoms with van der Waals surface area (Å²) < 4.78 is 0. The maximum Gasteiger partial charge on any atom is 0.0555 e. The highest BCUT2D eigenvalue weighted by Gasteiger charge is 2.27. The molecule has 22 heavy (non-hydrogen) atoms. The second-order valence-corrected chi connectivity index (χ2v) is 7.03. The summed E-state index contributed by atoms with van der Waals surface area (Å²) in [5.41, 5.74) is 10.2. The number of hydrogen-bond acceptors (Lipinski definition) is 4. The summed E-state index contributed by atoms with van der Waals surface area (Å²) in [5.74, 6) is 0. The molecule has 0 amide bonds. The molecule has 0 aromatic heterocycles. The molecule has 2 N–H and O–H groups in total. The fourth-order valence-corrected chi connectivity index (χ4v) is 3.74. The minimum Gasteiger partial charge on any atom is -0.372 e. The summed E-state index contributed by atoms with van der Waals surface area (Å²) in [4.78, 5) is 4.84. The van der Waals surface area contributed by atoms with Crippen LogP contribution >= 0.6 is 11.6 Å². The van der Waals surface area contributed by atoms with Crippen molar-refractivity contribution in [2.75, 3.05) is 43.6 Å². The van der Waals surface area contributed by atoms with Crippen LogP contribution in [0.3, 0.4) is 0 Å². The Morgan fingerprint density at radius 3 is 2.55 bits per heavy atom. The number of nitrogens with zero attached hydrogens (tertiary/aromatic N) is 2. The van der Waals surface area contributed by atoms with E-state index < -0.39 is 0 Å². The summed E-state index contributed by atoms with van der Waals surface area (Å²) in [6.07, 6.45) is 1.02. The van der Waals surface area contributed by atoms with Gasteiger partial charge in [-0.15, -0.1) is 0 Å². The van der Waals surface area contributed by atoms with Gasteiger partial charge in [-0.05, 0) is 45.5 Å². The number of halogens is 1. The maximum absolute atomic E-state index is 6.31. The molecule has 1 aliphatic heterocycles. The quantitative estimate of drug-likeness (QED) is 0.840. The van der Waals surface area contributed by atoms with Crippen molar-refractivity contribution in [2.45, 2.75) is 39.7 Å². The Kier molecular flexibility index (Phi) is 5.59. The Balaban J connectivity index is 2.26. The number of benzene rings is 1. The lowest BCUT2D eigenvalue weighted by atomic mass is 9.99. The van der Waals surface area contributed by atoms with Gasteiger partial charge in [-0.3, -0.25) is 4.90 Å². The van der Waals surface area contributed by atoms with E-state index >= 15 is 0 Å². The first-order valence-electron chi connectivity index (χ1n) is 8.16. The van der Waals surface area contributed by atoms with Crippen molar-refractivity contribution < 1.29 is 0 Å². The van der Waals surface area contributed by atoms with Crippen molar-refractivity contribution >= 4 is 23.0 Å². The third-order valence-electron chi connectivity index (χ3n) is 4.57. The predicted molar refractivity (Wildman–Crippen MR) is 97.1 cm³/mol. The van der Waals surface area contributed by atoms with Crippen LogP contribution < -0.4 is 15.8 Å². The number of nitrogens with one attached hydrogen (secondary N) is 2. The summed E-state index contributed by atoms with van der Waals surface area (Å²) in [6.45, 7) is 13.1. The first-order chi connectivity index (χ1) is 10.4. The standard InChI is InChI=1S/C17H29ClN4/c1-6-22(7-2)17(3,4)12-21(5)16-11-13(18)10-15-14(16)8-9-19-20-15/h10-11,19-20H,6-9,12H2,1-5H3. The SMILES string of the molecule is CCN(CC)C(C)(C)CN(C)c1cc(Cl)cc2c1CCNN2. The molecule has 0 spiro atoms. The molecule has 2 rings (SSSR count). The Morgan fingerprint density at radius 1 is 1.23 bits per heavy atom. The fourth-order valence-electron chi connectivity index (χ4n) is 3.53. The molecule has 0 unspecified atom stereocenters. The molecular weight excluding hydrogens is 296 g/mol. The lowest BCUT2D eigenvalue weighted by Gasteiger charge is -2.41. The van der Waals surface area contributed by atoms with Gasteiger partial charge in [-0.1, -0.05) is 25.4 Å². The largest absolute Gasteiger partial charge is 0.372 e. The molecule has 1 aliphatic rings. The predicted octanol–water partition coefficient (Wildman–Crippen LogP) is 3.37. The summed E-state index contributed by atoms with van der Waals surface area (Å²) >= 11 is 6.31. The van der Waals surface area contributed by atoms with E-state index in [-0.39, 0.29) is 5.54 Å². The van der Waals surface area contributed by atoms with E-state index in [9.17, 15) is 0 Å². The highest BCUT2D eigenvalue weighted by molar-refractivity contribution is 6.31. The van der Waals surface area contributed by atoms with Gasteiger partial charge in [0.2, 0.25) is 0 Å². The lowest BCUT2D eigenvalue weighted by molar-refractivity contribution is 0.141. The molecular formula is C17H29ClN4. The molecule has 0 radical (unpaired) electrons. The van der Waals surface area contributed by atoms with Crippen LogP contribution in [0.2, 0.25) is 5.02 Å². The number of anilines is 2. The van der Waals surface area contributed by atoms with Crippen molar-refractivity contribution in [1.82, 2.24) is 10.3 Å². The monoisotopic (exact) mass is 324 g/mol. The Morgan fingerprint density at radius 2 is 1.91 bits per heavy atom. The van der Waals surface area contributed by atoms with Crippen LogP contribution in [0.25, 0.3) is 0 Å². The molecule has 0 bridgehead atoms. The van der Waals surface area contributed by atoms with Crippen LogP contribution in [0.15, 0.2) is 12.1 Å². The second kappa shape index (κ2) is 7.07. The molecule has 0 aliphatic carbocycles. The van der Waals surface area contributed by atoms with Gasteiger partial charge in [0, 0.05) is 41.9 Å². The Hall–Kier alpha value is -0.970. The van der Waals surface area contributed by atoms with Crippen LogP contribution in [0.5, 0.6) is 0 Å². The molecule has 124 valence electrons. The molecule has 0 fully saturated rings. The van der Waals surface area contributed by atoms with E-state index in [2.05, 4.69) is 61.5 Å². The van der Waals surface area contributed by atoms with Crippen molar-refractivity contribution in [3.63, 3.8) is 0 Å². The zero-order valence-corrected chi connectivity index (χ0v) is 15.2. The number of hydrazine groups is 1. The minimum atomic E-state index is 0.119. The van der Waals surface area contributed by atoms with Crippen molar-refractivity contribution in [3.8, 4) is 0 Å². The van der Waals surface area contributed by atoms with E-state index in [0.29, 0.717) is 0 Å². The van der Waals surface area contributed by atoms with Gasteiger partial charge >= 0.3 is 0 Å². The number of hydrogen-bond donors (Lipinski definition) is 2. The number of rotatable bonds is 6. The van der Waals surface area contributed by atoms with Crippen molar-refractivity contribution in [2.24, 2.45) is 0 Å². The van der Waals surface area contributed by atoms with Gasteiger partial charge in [-0.25, -0.2) is 5.43 Å². The van der Waals surface area contributed by atoms with E-state index in [1.54, 1.807) is 0 Å². The fraction of sp³-hybridized carbons (Fsp3) is 0.647. The van der Waals surface area contributed by atoms with Gasteiger partial charge in [-0.2, -0.15) is 0 Å². The second-order valence-electron chi connectivity index (χ2n) is 6.59. The number of likely N-dealkylation sites (N-methyl/N-ethyl adjacent to an activating group) is 2. The first-order valence-corrected chi connectivity index (χ1v) is 8.54. The third-order valence-corrected chi connectivity index (χ3v) is 4.79. The maximum atomic E-state index is 6.31. The summed E-state index contributed by atoms with van der Waals surface area (Å²) in [5, 5.41) is 0.775. The normalized spacial score (nSPS) is 14.7. The van der Waals surface area contributed by atoms with Crippen LogP contribution in [-0.2, 0) is 6.42 Å². The van der Waals surface area contributed by atoms with E-state index in [1.807, 2.05) is 6.07 Å². The lowest BCUT2D eigenvalue weighted by Crippen LogP contribution is -2.51. The first kappa shape index (κ1) is 17.4. The molecule has 4 nitrogen and oxygen atoms in total. The van der Waals surface area contributed by atoms with Gasteiger partial charge in [0.25, 0.3) is 0 Å². The van der Waals surface area contributed by atoms with Crippen LogP contribution in [0.1, 0.15) is 33.3 Å². The molecule has 1 aromatic carbocycles. The van der Waals surface area contributed by atoms with Crippen LogP contribution in [0.4, 0.5) is 11.4 Å². The molecule has 0 saturated heterocycles. The smallest absolute Gasteiger partial charge is 0.0555 e. The van der Waals surface area contributed by atoms with E-state index in [0.717, 1.165) is 43.3 Å². The average molecular weight is 325 g/mol. The topological polar surface area (TPSA) is 30.5 Å². The minimum absolute atomic E-state index is 0.119. The zero-order chi connectivity index (χ0) is 16.3. The van der Waals surface area contributed by atoms with Crippen molar-refractivity contribution in [1.29, 1.82) is 0 Å². The average Bonchev–Trinajstić information content (AvgIpc) is 2.46. The van der Waals surface area contributed by atoms with E-state index in [4.69, 9.17) is 11.6 Å². The Bertz CT molecular complexity index is 512. The number of fused-ring (bicyclic) bond motifs is 1. The molecule has 5 heteroatoms. The molecule has 0 atom stereocenters. The van der Waals surface area contributed by atoms with Gasteiger partial charge < -0.3 is 10.3 Å². The Labute approximate surface area is 139 Å². The summed E-state index contributed by atoms with van der Waals surface area (Å²) in [7, 11) is 2.17.